The van der Waals surface area contributed by atoms with Crippen LogP contribution in [0, 0.1) is 0 Å². The van der Waals surface area contributed by atoms with Crippen LogP contribution in [0.5, 0.6) is 0 Å². The van der Waals surface area contributed by atoms with Gasteiger partial charge in [0.05, 0.1) is 6.10 Å². The molecule has 0 spiro atoms. The first-order chi connectivity index (χ1) is 6.06. The summed E-state index contributed by atoms with van der Waals surface area (Å²) in [6.45, 7) is 15.0. The van der Waals surface area contributed by atoms with E-state index in [9.17, 15) is 5.11 Å². The highest BCUT2D eigenvalue weighted by molar-refractivity contribution is 6.74. The monoisotopic (exact) mass is 218 g/mol. The quantitative estimate of drug-likeness (QED) is 0.734. The average molecular weight is 218 g/mol. The Labute approximate surface area is 89.8 Å². The minimum absolute atomic E-state index is 0.163. The molecule has 0 aliphatic heterocycles. The molecular formula is C11H26O2Si. The Morgan fingerprint density at radius 3 is 1.93 bits per heavy atom. The van der Waals surface area contributed by atoms with E-state index in [1.54, 1.807) is 0 Å². The summed E-state index contributed by atoms with van der Waals surface area (Å²) in [7, 11) is -1.65. The Hall–Kier alpha value is 0.137. The Morgan fingerprint density at radius 1 is 1.21 bits per heavy atom. The molecule has 0 aromatic rings. The van der Waals surface area contributed by atoms with Crippen LogP contribution < -0.4 is 0 Å². The molecule has 2 nitrogen and oxygen atoms in total. The molecule has 0 saturated carbocycles. The number of hydrogen-bond acceptors (Lipinski definition) is 2. The largest absolute Gasteiger partial charge is 0.414 e. The molecule has 0 amide bonds. The van der Waals surface area contributed by atoms with Gasteiger partial charge in [-0.1, -0.05) is 20.8 Å². The van der Waals surface area contributed by atoms with Gasteiger partial charge in [-0.05, 0) is 38.4 Å². The number of rotatable bonds is 4. The predicted molar refractivity (Wildman–Crippen MR) is 64.0 cm³/mol. The molecule has 2 atom stereocenters. The summed E-state index contributed by atoms with van der Waals surface area (Å²) < 4.78 is 6.09. The molecule has 0 aliphatic rings. The summed E-state index contributed by atoms with van der Waals surface area (Å²) in [6.07, 6.45) is 0.623. The summed E-state index contributed by atoms with van der Waals surface area (Å²) in [5.74, 6) is 0. The van der Waals surface area contributed by atoms with Crippen LogP contribution in [-0.2, 0) is 4.43 Å². The second-order valence-corrected chi connectivity index (χ2v) is 10.5. The Bertz CT molecular complexity index is 171. The molecule has 0 unspecified atom stereocenters. The third kappa shape index (κ3) is 4.58. The van der Waals surface area contributed by atoms with Crippen molar-refractivity contribution in [2.45, 2.75) is 71.4 Å². The summed E-state index contributed by atoms with van der Waals surface area (Å²) in [5, 5.41) is 9.51. The average Bonchev–Trinajstić information content (AvgIpc) is 1.79. The van der Waals surface area contributed by atoms with Crippen LogP contribution in [0.15, 0.2) is 0 Å². The van der Waals surface area contributed by atoms with Gasteiger partial charge in [0.2, 0.25) is 0 Å². The van der Waals surface area contributed by atoms with Gasteiger partial charge in [0.1, 0.15) is 0 Å². The van der Waals surface area contributed by atoms with Crippen molar-refractivity contribution < 1.29 is 9.53 Å². The SMILES string of the molecule is C[C@@H](O)C[C@H](C)O[Si](C)(C)C(C)(C)C. The molecule has 0 rings (SSSR count). The lowest BCUT2D eigenvalue weighted by atomic mass is 10.2. The fraction of sp³-hybridized carbons (Fsp3) is 1.00. The molecule has 0 aromatic carbocycles. The maximum atomic E-state index is 9.26. The molecule has 14 heavy (non-hydrogen) atoms. The van der Waals surface area contributed by atoms with E-state index < -0.39 is 8.32 Å². The second-order valence-electron chi connectivity index (χ2n) is 5.77. The zero-order chi connectivity index (χ0) is 11.6. The van der Waals surface area contributed by atoms with Gasteiger partial charge in [0.25, 0.3) is 0 Å². The van der Waals surface area contributed by atoms with Crippen LogP contribution >= 0.6 is 0 Å². The van der Waals surface area contributed by atoms with Crippen LogP contribution in [0.4, 0.5) is 0 Å². The molecule has 86 valence electrons. The fourth-order valence-electron chi connectivity index (χ4n) is 1.21. The lowest BCUT2D eigenvalue weighted by Crippen LogP contribution is -2.43. The van der Waals surface area contributed by atoms with Crippen LogP contribution in [0.2, 0.25) is 18.1 Å². The molecule has 0 heterocycles. The van der Waals surface area contributed by atoms with Crippen LogP contribution in [0.1, 0.15) is 41.0 Å². The van der Waals surface area contributed by atoms with Crippen LogP contribution in [0.25, 0.3) is 0 Å². The summed E-state index contributed by atoms with van der Waals surface area (Å²) in [5.41, 5.74) is 0. The lowest BCUT2D eigenvalue weighted by Gasteiger charge is -2.38. The molecule has 1 N–H and O–H groups in total. The van der Waals surface area contributed by atoms with E-state index in [2.05, 4.69) is 33.9 Å². The van der Waals surface area contributed by atoms with Gasteiger partial charge in [-0.15, -0.1) is 0 Å². The Morgan fingerprint density at radius 2 is 1.64 bits per heavy atom. The van der Waals surface area contributed by atoms with E-state index in [1.165, 1.54) is 0 Å². The zero-order valence-electron chi connectivity index (χ0n) is 10.7. The third-order valence-electron chi connectivity index (χ3n) is 2.98. The van der Waals surface area contributed by atoms with Gasteiger partial charge >= 0.3 is 0 Å². The van der Waals surface area contributed by atoms with Crippen molar-refractivity contribution in [1.82, 2.24) is 0 Å². The van der Waals surface area contributed by atoms with Gasteiger partial charge in [0.15, 0.2) is 8.32 Å². The van der Waals surface area contributed by atoms with Crippen molar-refractivity contribution in [2.24, 2.45) is 0 Å². The first-order valence-corrected chi connectivity index (χ1v) is 8.33. The fourth-order valence-corrected chi connectivity index (χ4v) is 2.66. The van der Waals surface area contributed by atoms with E-state index >= 15 is 0 Å². The molecule has 0 aliphatic carbocycles. The first-order valence-electron chi connectivity index (χ1n) is 5.42. The van der Waals surface area contributed by atoms with Crippen LogP contribution in [0.3, 0.4) is 0 Å². The molecule has 0 radical (unpaired) electrons. The van der Waals surface area contributed by atoms with Crippen molar-refractivity contribution in [1.29, 1.82) is 0 Å². The predicted octanol–water partition coefficient (Wildman–Crippen LogP) is 3.17. The van der Waals surface area contributed by atoms with E-state index in [0.717, 1.165) is 6.42 Å². The summed E-state index contributed by atoms with van der Waals surface area (Å²) >= 11 is 0. The molecule has 0 aromatic heterocycles. The van der Waals surface area contributed by atoms with Gasteiger partial charge in [-0.3, -0.25) is 0 Å². The lowest BCUT2D eigenvalue weighted by molar-refractivity contribution is 0.107. The van der Waals surface area contributed by atoms with Gasteiger partial charge in [0, 0.05) is 6.10 Å². The normalized spacial score (nSPS) is 18.0. The number of aliphatic hydroxyl groups excluding tert-OH is 1. The maximum absolute atomic E-state index is 9.26. The molecule has 0 saturated heterocycles. The van der Waals surface area contributed by atoms with Crippen molar-refractivity contribution >= 4 is 8.32 Å². The standard InChI is InChI=1S/C11H26O2Si/c1-9(12)8-10(2)13-14(6,7)11(3,4)5/h9-10,12H,8H2,1-7H3/t9-,10+/m1/s1. The van der Waals surface area contributed by atoms with E-state index in [4.69, 9.17) is 4.43 Å². The number of hydrogen-bond donors (Lipinski definition) is 1. The first kappa shape index (κ1) is 14.1. The Kier molecular flexibility index (Phi) is 4.82. The van der Waals surface area contributed by atoms with Crippen LogP contribution in [-0.4, -0.2) is 25.6 Å². The highest BCUT2D eigenvalue weighted by Crippen LogP contribution is 2.37. The Balaban J connectivity index is 4.22. The zero-order valence-corrected chi connectivity index (χ0v) is 11.7. The third-order valence-corrected chi connectivity index (χ3v) is 7.58. The van der Waals surface area contributed by atoms with Crippen molar-refractivity contribution in [3.63, 3.8) is 0 Å². The minimum Gasteiger partial charge on any atom is -0.414 e. The van der Waals surface area contributed by atoms with Crippen molar-refractivity contribution in [2.75, 3.05) is 0 Å². The molecule has 0 bridgehead atoms. The van der Waals surface area contributed by atoms with Crippen molar-refractivity contribution in [3.05, 3.63) is 0 Å². The van der Waals surface area contributed by atoms with E-state index in [1.807, 2.05) is 13.8 Å². The van der Waals surface area contributed by atoms with Crippen molar-refractivity contribution in [3.8, 4) is 0 Å². The molecule has 3 heteroatoms. The second kappa shape index (κ2) is 4.77. The minimum atomic E-state index is -1.65. The van der Waals surface area contributed by atoms with Gasteiger partial charge < -0.3 is 9.53 Å². The molecular weight excluding hydrogens is 192 g/mol. The highest BCUT2D eigenvalue weighted by atomic mass is 28.4. The molecule has 0 fully saturated rings. The van der Waals surface area contributed by atoms with E-state index in [-0.39, 0.29) is 17.2 Å². The smallest absolute Gasteiger partial charge is 0.192 e. The topological polar surface area (TPSA) is 29.5 Å². The summed E-state index contributed by atoms with van der Waals surface area (Å²) in [4.78, 5) is 0. The van der Waals surface area contributed by atoms with Gasteiger partial charge in [-0.25, -0.2) is 0 Å². The number of aliphatic hydroxyl groups is 1. The maximum Gasteiger partial charge on any atom is 0.192 e. The summed E-state index contributed by atoms with van der Waals surface area (Å²) in [6, 6.07) is 0. The van der Waals surface area contributed by atoms with Gasteiger partial charge in [-0.2, -0.15) is 0 Å². The van der Waals surface area contributed by atoms with E-state index in [0.29, 0.717) is 0 Å². The highest BCUT2D eigenvalue weighted by Gasteiger charge is 2.38.